The molecular formula is C13H6F2N2O2S. The summed E-state index contributed by atoms with van der Waals surface area (Å²) in [5.41, 5.74) is 2.31. The monoisotopic (exact) mass is 292 g/mol. The van der Waals surface area contributed by atoms with E-state index in [0.717, 1.165) is 12.1 Å². The largest absolute Gasteiger partial charge is 0.478 e. The highest BCUT2D eigenvalue weighted by Crippen LogP contribution is 2.26. The first-order valence-corrected chi connectivity index (χ1v) is 6.42. The summed E-state index contributed by atoms with van der Waals surface area (Å²) in [6, 6.07) is 3.02. The van der Waals surface area contributed by atoms with Gasteiger partial charge >= 0.3 is 5.97 Å². The van der Waals surface area contributed by atoms with Gasteiger partial charge in [-0.25, -0.2) is 23.5 Å². The zero-order chi connectivity index (χ0) is 14.3. The fourth-order valence-electron chi connectivity index (χ4n) is 1.87. The fraction of sp³-hybridized carbons (Fsp3) is 0. The van der Waals surface area contributed by atoms with E-state index < -0.39 is 17.6 Å². The second-order valence-electron chi connectivity index (χ2n) is 4.02. The van der Waals surface area contributed by atoms with Crippen molar-refractivity contribution < 1.29 is 18.7 Å². The Bertz CT molecular complexity index is 819. The average molecular weight is 292 g/mol. The SMILES string of the molecule is O=C(O)c1cc(-c2cscn2)nc2cc(F)c(F)cc12. The van der Waals surface area contributed by atoms with Crippen LogP contribution in [0.25, 0.3) is 22.3 Å². The van der Waals surface area contributed by atoms with Crippen molar-refractivity contribution in [3.63, 3.8) is 0 Å². The standard InChI is InChI=1S/C13H6F2N2O2S/c14-8-1-6-7(13(18)19)2-11(12-4-20-5-16-12)17-10(6)3-9(8)15/h1-5H,(H,18,19). The summed E-state index contributed by atoms with van der Waals surface area (Å²) in [4.78, 5) is 19.4. The normalized spacial score (nSPS) is 10.9. The highest BCUT2D eigenvalue weighted by Gasteiger charge is 2.16. The molecule has 0 atom stereocenters. The van der Waals surface area contributed by atoms with Gasteiger partial charge in [0.25, 0.3) is 0 Å². The number of benzene rings is 1. The Labute approximate surface area is 115 Å². The maximum atomic E-state index is 13.3. The minimum absolute atomic E-state index is 0.0513. The Morgan fingerprint density at radius 1 is 1.15 bits per heavy atom. The molecule has 3 aromatic rings. The first kappa shape index (κ1) is 12.6. The van der Waals surface area contributed by atoms with E-state index in [9.17, 15) is 18.7 Å². The van der Waals surface area contributed by atoms with Crippen molar-refractivity contribution in [1.29, 1.82) is 0 Å². The van der Waals surface area contributed by atoms with Crippen LogP contribution in [0.15, 0.2) is 29.1 Å². The molecule has 0 amide bonds. The molecule has 0 bridgehead atoms. The predicted octanol–water partition coefficient (Wildman–Crippen LogP) is 3.33. The minimum atomic E-state index is -1.24. The summed E-state index contributed by atoms with van der Waals surface area (Å²) in [6.07, 6.45) is 0. The van der Waals surface area contributed by atoms with Gasteiger partial charge < -0.3 is 5.11 Å². The topological polar surface area (TPSA) is 63.1 Å². The lowest BCUT2D eigenvalue weighted by molar-refractivity contribution is 0.0699. The number of carboxylic acids is 1. The van der Waals surface area contributed by atoms with Gasteiger partial charge in [-0.3, -0.25) is 0 Å². The van der Waals surface area contributed by atoms with E-state index in [1.54, 1.807) is 10.9 Å². The number of fused-ring (bicyclic) bond motifs is 1. The van der Waals surface area contributed by atoms with Crippen LogP contribution in [0.2, 0.25) is 0 Å². The van der Waals surface area contributed by atoms with Gasteiger partial charge in [0.05, 0.1) is 28.0 Å². The third-order valence-corrected chi connectivity index (χ3v) is 3.36. The van der Waals surface area contributed by atoms with Crippen LogP contribution in [0.3, 0.4) is 0 Å². The van der Waals surface area contributed by atoms with Crippen molar-refractivity contribution in [2.45, 2.75) is 0 Å². The van der Waals surface area contributed by atoms with E-state index in [1.165, 1.54) is 17.4 Å². The van der Waals surface area contributed by atoms with Crippen molar-refractivity contribution >= 4 is 28.2 Å². The maximum absolute atomic E-state index is 13.3. The summed E-state index contributed by atoms with van der Waals surface area (Å²) in [5, 5.41) is 10.9. The number of carbonyl (C=O) groups is 1. The summed E-state index contributed by atoms with van der Waals surface area (Å²) in [7, 11) is 0. The molecule has 1 N–H and O–H groups in total. The molecule has 2 aromatic heterocycles. The molecule has 7 heteroatoms. The molecular weight excluding hydrogens is 286 g/mol. The number of carboxylic acid groups (broad SMARTS) is 1. The third kappa shape index (κ3) is 2.01. The van der Waals surface area contributed by atoms with Crippen LogP contribution in [-0.4, -0.2) is 21.0 Å². The maximum Gasteiger partial charge on any atom is 0.336 e. The third-order valence-electron chi connectivity index (χ3n) is 2.78. The molecule has 0 radical (unpaired) electrons. The Morgan fingerprint density at radius 3 is 2.55 bits per heavy atom. The first-order chi connectivity index (χ1) is 9.56. The van der Waals surface area contributed by atoms with Gasteiger partial charge in [0.1, 0.15) is 0 Å². The van der Waals surface area contributed by atoms with Crippen LogP contribution >= 0.6 is 11.3 Å². The summed E-state index contributed by atoms with van der Waals surface area (Å²) < 4.78 is 26.5. The van der Waals surface area contributed by atoms with Gasteiger partial charge in [-0.2, -0.15) is 0 Å². The van der Waals surface area contributed by atoms with Crippen LogP contribution < -0.4 is 0 Å². The highest BCUT2D eigenvalue weighted by atomic mass is 32.1. The second-order valence-corrected chi connectivity index (χ2v) is 4.74. The van der Waals surface area contributed by atoms with E-state index in [4.69, 9.17) is 0 Å². The lowest BCUT2D eigenvalue weighted by Crippen LogP contribution is -2.01. The number of hydrogen-bond donors (Lipinski definition) is 1. The van der Waals surface area contributed by atoms with Crippen LogP contribution in [0.5, 0.6) is 0 Å². The molecule has 0 aliphatic carbocycles. The number of thiazole rings is 1. The number of hydrogen-bond acceptors (Lipinski definition) is 4. The zero-order valence-electron chi connectivity index (χ0n) is 9.80. The van der Waals surface area contributed by atoms with E-state index in [-0.39, 0.29) is 16.5 Å². The summed E-state index contributed by atoms with van der Waals surface area (Å²) >= 11 is 1.33. The quantitative estimate of drug-likeness (QED) is 0.787. The molecule has 0 unspecified atom stereocenters. The number of rotatable bonds is 2. The van der Waals surface area contributed by atoms with Crippen molar-refractivity contribution in [1.82, 2.24) is 9.97 Å². The lowest BCUT2D eigenvalue weighted by atomic mass is 10.1. The molecule has 0 saturated heterocycles. The van der Waals surface area contributed by atoms with Crippen molar-refractivity contribution in [2.24, 2.45) is 0 Å². The second kappa shape index (κ2) is 4.61. The Morgan fingerprint density at radius 2 is 1.90 bits per heavy atom. The number of halogens is 2. The lowest BCUT2D eigenvalue weighted by Gasteiger charge is -2.06. The van der Waals surface area contributed by atoms with Crippen LogP contribution in [0.1, 0.15) is 10.4 Å². The Kier molecular flexibility index (Phi) is 2.90. The molecule has 1 aromatic carbocycles. The van der Waals surface area contributed by atoms with E-state index in [1.807, 2.05) is 0 Å². The van der Waals surface area contributed by atoms with Gasteiger partial charge in [0.15, 0.2) is 11.6 Å². The molecule has 20 heavy (non-hydrogen) atoms. The average Bonchev–Trinajstić information content (AvgIpc) is 2.92. The molecule has 100 valence electrons. The predicted molar refractivity (Wildman–Crippen MR) is 69.7 cm³/mol. The molecule has 0 spiro atoms. The Balaban J connectivity index is 2.36. The number of nitrogens with zero attached hydrogens (tertiary/aromatic N) is 2. The molecule has 0 aliphatic heterocycles. The molecule has 4 nitrogen and oxygen atoms in total. The van der Waals surface area contributed by atoms with Crippen LogP contribution in [0, 0.1) is 11.6 Å². The molecule has 2 heterocycles. The number of pyridine rings is 1. The van der Waals surface area contributed by atoms with Gasteiger partial charge in [-0.1, -0.05) is 0 Å². The smallest absolute Gasteiger partial charge is 0.336 e. The fourth-order valence-corrected chi connectivity index (χ4v) is 2.41. The molecule has 0 saturated carbocycles. The van der Waals surface area contributed by atoms with Crippen LogP contribution in [0.4, 0.5) is 8.78 Å². The Hall–Kier alpha value is -2.41. The van der Waals surface area contributed by atoms with Crippen molar-refractivity contribution in [2.75, 3.05) is 0 Å². The minimum Gasteiger partial charge on any atom is -0.478 e. The molecule has 0 aliphatic rings. The molecule has 3 rings (SSSR count). The van der Waals surface area contributed by atoms with Gasteiger partial charge in [0, 0.05) is 16.8 Å². The van der Waals surface area contributed by atoms with Gasteiger partial charge in [-0.05, 0) is 12.1 Å². The summed E-state index contributed by atoms with van der Waals surface area (Å²) in [5.74, 6) is -3.42. The van der Waals surface area contributed by atoms with Crippen LogP contribution in [-0.2, 0) is 0 Å². The van der Waals surface area contributed by atoms with E-state index in [0.29, 0.717) is 11.4 Å². The van der Waals surface area contributed by atoms with Gasteiger partial charge in [-0.15, -0.1) is 11.3 Å². The summed E-state index contributed by atoms with van der Waals surface area (Å²) in [6.45, 7) is 0. The van der Waals surface area contributed by atoms with Gasteiger partial charge in [0.2, 0.25) is 0 Å². The van der Waals surface area contributed by atoms with E-state index >= 15 is 0 Å². The zero-order valence-corrected chi connectivity index (χ0v) is 10.6. The van der Waals surface area contributed by atoms with Crippen molar-refractivity contribution in [3.8, 4) is 11.4 Å². The van der Waals surface area contributed by atoms with E-state index in [2.05, 4.69) is 9.97 Å². The number of aromatic carboxylic acids is 1. The highest BCUT2D eigenvalue weighted by molar-refractivity contribution is 7.07. The number of aromatic nitrogens is 2. The first-order valence-electron chi connectivity index (χ1n) is 5.48. The molecule has 0 fully saturated rings. The van der Waals surface area contributed by atoms with Crippen molar-refractivity contribution in [3.05, 3.63) is 46.3 Å².